The lowest BCUT2D eigenvalue weighted by molar-refractivity contribution is 0.323. The number of ether oxygens (including phenoxy) is 3. The second-order valence-corrected chi connectivity index (χ2v) is 5.36. The van der Waals surface area contributed by atoms with Gasteiger partial charge in [0.05, 0.1) is 21.3 Å². The largest absolute Gasteiger partial charge is 0.493 e. The number of hydrogen-bond donors (Lipinski definition) is 1. The van der Waals surface area contributed by atoms with Gasteiger partial charge in [0.25, 0.3) is 0 Å². The molecule has 1 aromatic rings. The van der Waals surface area contributed by atoms with Crippen LogP contribution in [0.3, 0.4) is 0 Å². The molecule has 0 spiro atoms. The van der Waals surface area contributed by atoms with Gasteiger partial charge in [0.2, 0.25) is 5.75 Å². The first-order valence-corrected chi connectivity index (χ1v) is 7.20. The summed E-state index contributed by atoms with van der Waals surface area (Å²) in [5.74, 6) is 2.89. The van der Waals surface area contributed by atoms with E-state index in [4.69, 9.17) is 14.2 Å². The minimum atomic E-state index is 0.269. The van der Waals surface area contributed by atoms with Gasteiger partial charge >= 0.3 is 0 Å². The van der Waals surface area contributed by atoms with E-state index in [0.717, 1.165) is 11.5 Å². The van der Waals surface area contributed by atoms with Crippen LogP contribution < -0.4 is 19.5 Å². The molecule has 4 nitrogen and oxygen atoms in total. The van der Waals surface area contributed by atoms with Crippen LogP contribution in [0.25, 0.3) is 0 Å². The summed E-state index contributed by atoms with van der Waals surface area (Å²) in [6, 6.07) is 4.95. The van der Waals surface area contributed by atoms with E-state index in [0.29, 0.717) is 23.3 Å². The summed E-state index contributed by atoms with van der Waals surface area (Å²) < 4.78 is 16.1. The van der Waals surface area contributed by atoms with Gasteiger partial charge in [-0.05, 0) is 37.0 Å². The van der Waals surface area contributed by atoms with E-state index in [2.05, 4.69) is 19.2 Å². The number of rotatable bonds is 7. The minimum Gasteiger partial charge on any atom is -0.493 e. The molecule has 0 amide bonds. The highest BCUT2D eigenvalue weighted by Crippen LogP contribution is 2.41. The fourth-order valence-electron chi connectivity index (χ4n) is 2.67. The molecule has 20 heavy (non-hydrogen) atoms. The highest BCUT2D eigenvalue weighted by Gasteiger charge is 2.36. The summed E-state index contributed by atoms with van der Waals surface area (Å²) in [5.41, 5.74) is 1.15. The lowest BCUT2D eigenvalue weighted by Gasteiger charge is -2.19. The van der Waals surface area contributed by atoms with E-state index in [1.165, 1.54) is 12.8 Å². The molecule has 0 heterocycles. The summed E-state index contributed by atoms with van der Waals surface area (Å²) in [6.07, 6.45) is 2.53. The van der Waals surface area contributed by atoms with E-state index in [-0.39, 0.29) is 6.04 Å². The topological polar surface area (TPSA) is 39.7 Å². The van der Waals surface area contributed by atoms with Crippen molar-refractivity contribution in [2.24, 2.45) is 5.92 Å². The maximum Gasteiger partial charge on any atom is 0.203 e. The number of hydrogen-bond acceptors (Lipinski definition) is 4. The maximum absolute atomic E-state index is 5.40. The van der Waals surface area contributed by atoms with Gasteiger partial charge in [0.15, 0.2) is 11.5 Å². The van der Waals surface area contributed by atoms with Crippen molar-refractivity contribution in [3.8, 4) is 17.2 Å². The summed E-state index contributed by atoms with van der Waals surface area (Å²) in [7, 11) is 4.91. The Morgan fingerprint density at radius 1 is 1.15 bits per heavy atom. The van der Waals surface area contributed by atoms with E-state index < -0.39 is 0 Å². The van der Waals surface area contributed by atoms with Crippen molar-refractivity contribution in [1.29, 1.82) is 0 Å². The van der Waals surface area contributed by atoms with E-state index in [1.54, 1.807) is 21.3 Å². The van der Waals surface area contributed by atoms with Gasteiger partial charge in [-0.25, -0.2) is 0 Å². The van der Waals surface area contributed by atoms with Crippen molar-refractivity contribution in [2.45, 2.75) is 38.8 Å². The van der Waals surface area contributed by atoms with Crippen LogP contribution in [0, 0.1) is 5.92 Å². The molecule has 1 aliphatic rings. The summed E-state index contributed by atoms with van der Waals surface area (Å²) in [6.45, 7) is 4.42. The quantitative estimate of drug-likeness (QED) is 0.832. The third-order valence-electron chi connectivity index (χ3n) is 4.10. The van der Waals surface area contributed by atoms with Crippen molar-refractivity contribution in [3.63, 3.8) is 0 Å². The van der Waals surface area contributed by atoms with Crippen LogP contribution in [-0.4, -0.2) is 27.4 Å². The van der Waals surface area contributed by atoms with Crippen LogP contribution in [0.2, 0.25) is 0 Å². The number of methoxy groups -OCH3 is 3. The van der Waals surface area contributed by atoms with Gasteiger partial charge in [-0.3, -0.25) is 0 Å². The Morgan fingerprint density at radius 2 is 1.75 bits per heavy atom. The predicted molar refractivity (Wildman–Crippen MR) is 79.8 cm³/mol. The Balaban J connectivity index is 2.18. The monoisotopic (exact) mass is 279 g/mol. The first-order chi connectivity index (χ1) is 9.64. The number of nitrogens with one attached hydrogen (secondary N) is 1. The Kier molecular flexibility index (Phi) is 4.76. The molecule has 2 rings (SSSR count). The summed E-state index contributed by atoms with van der Waals surface area (Å²) >= 11 is 0. The molecule has 3 unspecified atom stereocenters. The molecule has 1 aromatic carbocycles. The van der Waals surface area contributed by atoms with Crippen LogP contribution in [0.15, 0.2) is 12.1 Å². The Labute approximate surface area is 121 Å². The second kappa shape index (κ2) is 6.35. The van der Waals surface area contributed by atoms with Crippen LogP contribution in [0.5, 0.6) is 17.2 Å². The van der Waals surface area contributed by atoms with Gasteiger partial charge in [-0.15, -0.1) is 0 Å². The van der Waals surface area contributed by atoms with Crippen molar-refractivity contribution >= 4 is 0 Å². The average Bonchev–Trinajstić information content (AvgIpc) is 3.23. The van der Waals surface area contributed by atoms with Crippen LogP contribution >= 0.6 is 0 Å². The molecule has 0 aliphatic heterocycles. The summed E-state index contributed by atoms with van der Waals surface area (Å²) in [4.78, 5) is 0. The zero-order valence-electron chi connectivity index (χ0n) is 13.0. The molecule has 0 radical (unpaired) electrons. The van der Waals surface area contributed by atoms with E-state index >= 15 is 0 Å². The Morgan fingerprint density at radius 3 is 2.15 bits per heavy atom. The van der Waals surface area contributed by atoms with Crippen molar-refractivity contribution in [2.75, 3.05) is 21.3 Å². The first kappa shape index (κ1) is 15.0. The lowest BCUT2D eigenvalue weighted by Crippen LogP contribution is -2.22. The highest BCUT2D eigenvalue weighted by molar-refractivity contribution is 5.54. The fourth-order valence-corrected chi connectivity index (χ4v) is 2.67. The standard InChI is InChI=1S/C16H25NO3/c1-6-11-7-13(11)17-10(2)12-8-14(18-3)16(20-5)15(9-12)19-4/h8-11,13,17H,6-7H2,1-5H3. The van der Waals surface area contributed by atoms with Gasteiger partial charge in [-0.1, -0.05) is 13.3 Å². The molecular weight excluding hydrogens is 254 g/mol. The fraction of sp³-hybridized carbons (Fsp3) is 0.625. The molecular formula is C16H25NO3. The van der Waals surface area contributed by atoms with Crippen LogP contribution in [-0.2, 0) is 0 Å². The summed E-state index contributed by atoms with van der Waals surface area (Å²) in [5, 5.41) is 3.66. The van der Waals surface area contributed by atoms with Crippen molar-refractivity contribution < 1.29 is 14.2 Å². The zero-order chi connectivity index (χ0) is 14.7. The molecule has 0 saturated heterocycles. The maximum atomic E-state index is 5.40. The molecule has 0 bridgehead atoms. The SMILES string of the molecule is CCC1CC1NC(C)c1cc(OC)c(OC)c(OC)c1. The smallest absolute Gasteiger partial charge is 0.203 e. The molecule has 3 atom stereocenters. The molecule has 112 valence electrons. The number of benzene rings is 1. The normalized spacial score (nSPS) is 22.2. The Bertz CT molecular complexity index is 436. The van der Waals surface area contributed by atoms with Crippen LogP contribution in [0.1, 0.15) is 38.3 Å². The Hall–Kier alpha value is -1.42. The predicted octanol–water partition coefficient (Wildman–Crippen LogP) is 3.16. The van der Waals surface area contributed by atoms with E-state index in [9.17, 15) is 0 Å². The lowest BCUT2D eigenvalue weighted by atomic mass is 10.1. The van der Waals surface area contributed by atoms with Gasteiger partial charge in [0.1, 0.15) is 0 Å². The minimum absolute atomic E-state index is 0.269. The second-order valence-electron chi connectivity index (χ2n) is 5.36. The van der Waals surface area contributed by atoms with Crippen molar-refractivity contribution in [3.05, 3.63) is 17.7 Å². The average molecular weight is 279 g/mol. The first-order valence-electron chi connectivity index (χ1n) is 7.20. The molecule has 1 aliphatic carbocycles. The molecule has 1 saturated carbocycles. The highest BCUT2D eigenvalue weighted by atomic mass is 16.5. The molecule has 1 fully saturated rings. The molecule has 4 heteroatoms. The van der Waals surface area contributed by atoms with Crippen LogP contribution in [0.4, 0.5) is 0 Å². The third kappa shape index (κ3) is 3.01. The van der Waals surface area contributed by atoms with Crippen molar-refractivity contribution in [1.82, 2.24) is 5.32 Å². The van der Waals surface area contributed by atoms with Gasteiger partial charge in [-0.2, -0.15) is 0 Å². The van der Waals surface area contributed by atoms with E-state index in [1.807, 2.05) is 12.1 Å². The molecule has 0 aromatic heterocycles. The molecule has 1 N–H and O–H groups in total. The third-order valence-corrected chi connectivity index (χ3v) is 4.10. The van der Waals surface area contributed by atoms with Gasteiger partial charge in [0, 0.05) is 12.1 Å². The van der Waals surface area contributed by atoms with Gasteiger partial charge < -0.3 is 19.5 Å². The zero-order valence-corrected chi connectivity index (χ0v) is 13.0.